The minimum atomic E-state index is -1.24. The van der Waals surface area contributed by atoms with Crippen molar-refractivity contribution in [3.05, 3.63) is 106 Å². The number of carbonyl (C=O) groups excluding carboxylic acids is 3. The summed E-state index contributed by atoms with van der Waals surface area (Å²) in [6.45, 7) is 3.10. The Balaban J connectivity index is 1.48. The van der Waals surface area contributed by atoms with E-state index in [1.807, 2.05) is 36.4 Å². The Kier molecular flexibility index (Phi) is 7.91. The van der Waals surface area contributed by atoms with Crippen molar-refractivity contribution in [2.75, 3.05) is 5.32 Å². The Morgan fingerprint density at radius 3 is 2.26 bits per heavy atom. The normalized spacial score (nSPS) is 12.4. The number of benzene rings is 2. The highest BCUT2D eigenvalue weighted by Crippen LogP contribution is 2.15. The lowest BCUT2D eigenvalue weighted by molar-refractivity contribution is -0.155. The molecule has 196 valence electrons. The van der Waals surface area contributed by atoms with Crippen LogP contribution in [0.5, 0.6) is 0 Å². The first-order chi connectivity index (χ1) is 18.3. The standard InChI is InChI=1S/C28H28N4O6/c1-18-24(27(35)32(31(18)3)21-13-8-5-9-14-21)30-25(33)19(2)38-28(36)22(17-20-11-6-4-7-12-20)29-26(34)23-15-10-16-37-23/h4-16,19,22H,17H2,1-3H3,(H,29,34)(H,30,33)/t19-,22-/m1/s1. The maximum atomic E-state index is 13.1. The molecule has 0 aliphatic heterocycles. The first-order valence-electron chi connectivity index (χ1n) is 12.0. The van der Waals surface area contributed by atoms with Crippen molar-refractivity contribution in [2.45, 2.75) is 32.4 Å². The summed E-state index contributed by atoms with van der Waals surface area (Å²) in [5.41, 5.74) is 1.61. The molecule has 0 aliphatic rings. The number of furan rings is 1. The number of rotatable bonds is 9. The van der Waals surface area contributed by atoms with E-state index in [9.17, 15) is 19.2 Å². The molecule has 2 heterocycles. The topological polar surface area (TPSA) is 125 Å². The van der Waals surface area contributed by atoms with Gasteiger partial charge in [0.15, 0.2) is 11.9 Å². The van der Waals surface area contributed by atoms with Crippen LogP contribution in [0.1, 0.15) is 28.7 Å². The number of hydrogen-bond donors (Lipinski definition) is 2. The maximum Gasteiger partial charge on any atom is 0.329 e. The molecule has 0 fully saturated rings. The summed E-state index contributed by atoms with van der Waals surface area (Å²) in [7, 11) is 1.71. The van der Waals surface area contributed by atoms with Crippen LogP contribution in [-0.4, -0.2) is 39.3 Å². The zero-order valence-corrected chi connectivity index (χ0v) is 21.2. The molecule has 0 spiro atoms. The van der Waals surface area contributed by atoms with E-state index in [-0.39, 0.29) is 17.9 Å². The minimum absolute atomic E-state index is 0.0379. The second kappa shape index (κ2) is 11.5. The molecular formula is C28H28N4O6. The number of amides is 2. The van der Waals surface area contributed by atoms with Crippen LogP contribution in [0.15, 0.2) is 88.3 Å². The molecule has 10 nitrogen and oxygen atoms in total. The zero-order chi connectivity index (χ0) is 27.2. The third kappa shape index (κ3) is 5.75. The first-order valence-corrected chi connectivity index (χ1v) is 12.0. The monoisotopic (exact) mass is 516 g/mol. The summed E-state index contributed by atoms with van der Waals surface area (Å²) >= 11 is 0. The quantitative estimate of drug-likeness (QED) is 0.330. The third-order valence-corrected chi connectivity index (χ3v) is 6.08. The second-order valence-electron chi connectivity index (χ2n) is 8.70. The van der Waals surface area contributed by atoms with E-state index in [1.165, 1.54) is 23.9 Å². The molecule has 4 rings (SSSR count). The highest BCUT2D eigenvalue weighted by Gasteiger charge is 2.29. The molecule has 2 amide bonds. The van der Waals surface area contributed by atoms with E-state index in [1.54, 1.807) is 49.0 Å². The lowest BCUT2D eigenvalue weighted by atomic mass is 10.1. The van der Waals surface area contributed by atoms with Crippen molar-refractivity contribution < 1.29 is 23.5 Å². The first kappa shape index (κ1) is 26.2. The number of hydrogen-bond acceptors (Lipinski definition) is 6. The van der Waals surface area contributed by atoms with Gasteiger partial charge < -0.3 is 19.8 Å². The molecule has 2 aromatic heterocycles. The SMILES string of the molecule is Cc1c(NC(=O)[C@@H](C)OC(=O)[C@@H](Cc2ccccc2)NC(=O)c2ccco2)c(=O)n(-c2ccccc2)n1C. The van der Waals surface area contributed by atoms with Crippen molar-refractivity contribution in [1.82, 2.24) is 14.7 Å². The van der Waals surface area contributed by atoms with Crippen molar-refractivity contribution in [3.63, 3.8) is 0 Å². The number of esters is 1. The molecule has 0 radical (unpaired) electrons. The average molecular weight is 517 g/mol. The molecule has 0 bridgehead atoms. The molecule has 0 saturated heterocycles. The molecule has 2 aromatic carbocycles. The molecular weight excluding hydrogens is 488 g/mol. The van der Waals surface area contributed by atoms with Gasteiger partial charge in [0, 0.05) is 13.5 Å². The van der Waals surface area contributed by atoms with Crippen LogP contribution in [0.3, 0.4) is 0 Å². The van der Waals surface area contributed by atoms with E-state index < -0.39 is 35.5 Å². The summed E-state index contributed by atoms with van der Waals surface area (Å²) in [5.74, 6) is -2.04. The van der Waals surface area contributed by atoms with Crippen LogP contribution in [0.4, 0.5) is 5.69 Å². The van der Waals surface area contributed by atoms with E-state index in [0.29, 0.717) is 11.4 Å². The fourth-order valence-electron chi connectivity index (χ4n) is 3.93. The molecule has 0 saturated carbocycles. The van der Waals surface area contributed by atoms with Crippen LogP contribution in [-0.2, 0) is 27.8 Å². The zero-order valence-electron chi connectivity index (χ0n) is 21.2. The number of ether oxygens (including phenoxy) is 1. The number of nitrogens with zero attached hydrogens (tertiary/aromatic N) is 2. The molecule has 4 aromatic rings. The van der Waals surface area contributed by atoms with Gasteiger partial charge in [-0.25, -0.2) is 9.48 Å². The largest absolute Gasteiger partial charge is 0.459 e. The maximum absolute atomic E-state index is 13.1. The van der Waals surface area contributed by atoms with Gasteiger partial charge in [-0.15, -0.1) is 0 Å². The highest BCUT2D eigenvalue weighted by atomic mass is 16.5. The van der Waals surface area contributed by atoms with E-state index in [4.69, 9.17) is 9.15 Å². The van der Waals surface area contributed by atoms with E-state index in [0.717, 1.165) is 5.56 Å². The van der Waals surface area contributed by atoms with Gasteiger partial charge in [0.1, 0.15) is 11.7 Å². The van der Waals surface area contributed by atoms with Crippen LogP contribution in [0, 0.1) is 6.92 Å². The van der Waals surface area contributed by atoms with Gasteiger partial charge >= 0.3 is 5.97 Å². The second-order valence-corrected chi connectivity index (χ2v) is 8.70. The van der Waals surface area contributed by atoms with Crippen LogP contribution < -0.4 is 16.2 Å². The Morgan fingerprint density at radius 1 is 0.974 bits per heavy atom. The average Bonchev–Trinajstić information content (AvgIpc) is 3.53. The van der Waals surface area contributed by atoms with Crippen LogP contribution in [0.25, 0.3) is 5.69 Å². The van der Waals surface area contributed by atoms with Crippen molar-refractivity contribution in [1.29, 1.82) is 0 Å². The van der Waals surface area contributed by atoms with Gasteiger partial charge in [-0.1, -0.05) is 48.5 Å². The number of para-hydroxylation sites is 1. The summed E-state index contributed by atoms with van der Waals surface area (Å²) in [6.07, 6.45) is 0.244. The predicted octanol–water partition coefficient (Wildman–Crippen LogP) is 2.99. The Hall–Kier alpha value is -4.86. The lowest BCUT2D eigenvalue weighted by Gasteiger charge is -2.20. The third-order valence-electron chi connectivity index (χ3n) is 6.08. The molecule has 2 atom stereocenters. The minimum Gasteiger partial charge on any atom is -0.459 e. The molecule has 0 unspecified atom stereocenters. The number of aromatic nitrogens is 2. The van der Waals surface area contributed by atoms with Crippen molar-refractivity contribution >= 4 is 23.5 Å². The fraction of sp³-hybridized carbons (Fsp3) is 0.214. The van der Waals surface area contributed by atoms with Crippen molar-refractivity contribution in [3.8, 4) is 5.69 Å². The number of anilines is 1. The Bertz CT molecular complexity index is 1470. The molecule has 10 heteroatoms. The summed E-state index contributed by atoms with van der Waals surface area (Å²) in [6, 6.07) is 20.0. The number of carbonyl (C=O) groups is 3. The van der Waals surface area contributed by atoms with E-state index >= 15 is 0 Å². The van der Waals surface area contributed by atoms with Gasteiger partial charge in [0.05, 0.1) is 17.6 Å². The van der Waals surface area contributed by atoms with Gasteiger partial charge in [-0.05, 0) is 43.7 Å². The summed E-state index contributed by atoms with van der Waals surface area (Å²) < 4.78 is 13.6. The van der Waals surface area contributed by atoms with Gasteiger partial charge in [-0.2, -0.15) is 0 Å². The smallest absolute Gasteiger partial charge is 0.329 e. The van der Waals surface area contributed by atoms with Crippen molar-refractivity contribution in [2.24, 2.45) is 7.05 Å². The van der Waals surface area contributed by atoms with Crippen LogP contribution in [0.2, 0.25) is 0 Å². The Labute approximate surface area is 218 Å². The molecule has 0 aliphatic carbocycles. The van der Waals surface area contributed by atoms with E-state index in [2.05, 4.69) is 10.6 Å². The summed E-state index contributed by atoms with van der Waals surface area (Å²) in [5, 5.41) is 5.21. The van der Waals surface area contributed by atoms with Crippen LogP contribution >= 0.6 is 0 Å². The van der Waals surface area contributed by atoms with Gasteiger partial charge in [0.25, 0.3) is 17.4 Å². The molecule has 2 N–H and O–H groups in total. The molecule has 38 heavy (non-hydrogen) atoms. The van der Waals surface area contributed by atoms with Gasteiger partial charge in [-0.3, -0.25) is 19.1 Å². The number of nitrogens with one attached hydrogen (secondary N) is 2. The summed E-state index contributed by atoms with van der Waals surface area (Å²) in [4.78, 5) is 51.7. The highest BCUT2D eigenvalue weighted by molar-refractivity contribution is 5.97. The predicted molar refractivity (Wildman–Crippen MR) is 140 cm³/mol. The van der Waals surface area contributed by atoms with Gasteiger partial charge in [0.2, 0.25) is 0 Å². The fourth-order valence-corrected chi connectivity index (χ4v) is 3.93. The lowest BCUT2D eigenvalue weighted by Crippen LogP contribution is -2.45. The Morgan fingerprint density at radius 2 is 1.63 bits per heavy atom.